The zero-order valence-electron chi connectivity index (χ0n) is 8.90. The number of ether oxygens (including phenoxy) is 1. The van der Waals surface area contributed by atoms with Crippen molar-refractivity contribution < 1.29 is 4.74 Å². The molecule has 5 heteroatoms. The Kier molecular flexibility index (Phi) is 2.82. The van der Waals surface area contributed by atoms with Crippen molar-refractivity contribution >= 4 is 11.5 Å². The summed E-state index contributed by atoms with van der Waals surface area (Å²) in [5.74, 6) is 0.794. The van der Waals surface area contributed by atoms with Gasteiger partial charge in [0.1, 0.15) is 0 Å². The van der Waals surface area contributed by atoms with Crippen LogP contribution in [0.4, 0.5) is 5.82 Å². The highest BCUT2D eigenvalue weighted by Crippen LogP contribution is 2.12. The normalized spacial score (nSPS) is 10.8. The average molecular weight is 206 g/mol. The van der Waals surface area contributed by atoms with Gasteiger partial charge in [-0.05, 0) is 6.92 Å². The number of hydrogen-bond acceptors (Lipinski definition) is 4. The molecule has 0 fully saturated rings. The third kappa shape index (κ3) is 1.92. The Morgan fingerprint density at radius 3 is 3.13 bits per heavy atom. The molecule has 2 aromatic rings. The maximum Gasteiger partial charge on any atom is 0.180 e. The van der Waals surface area contributed by atoms with E-state index in [0.717, 1.165) is 23.7 Å². The molecule has 0 bridgehead atoms. The van der Waals surface area contributed by atoms with Crippen molar-refractivity contribution in [3.05, 3.63) is 24.3 Å². The van der Waals surface area contributed by atoms with Crippen LogP contribution in [0.1, 0.15) is 5.69 Å². The lowest BCUT2D eigenvalue weighted by Gasteiger charge is -2.05. The number of hydrogen-bond donors (Lipinski definition) is 1. The predicted molar refractivity (Wildman–Crippen MR) is 58.1 cm³/mol. The SMILES string of the molecule is COCCNc1nccn2c(C)cnc12. The molecule has 0 aromatic carbocycles. The smallest absolute Gasteiger partial charge is 0.180 e. The number of anilines is 1. The molecule has 15 heavy (non-hydrogen) atoms. The summed E-state index contributed by atoms with van der Waals surface area (Å²) in [6, 6.07) is 0. The molecule has 0 unspecified atom stereocenters. The average Bonchev–Trinajstić information content (AvgIpc) is 2.62. The summed E-state index contributed by atoms with van der Waals surface area (Å²) < 4.78 is 6.97. The maximum absolute atomic E-state index is 4.96. The van der Waals surface area contributed by atoms with E-state index < -0.39 is 0 Å². The van der Waals surface area contributed by atoms with Crippen molar-refractivity contribution in [2.75, 3.05) is 25.6 Å². The second kappa shape index (κ2) is 4.27. The van der Waals surface area contributed by atoms with E-state index in [2.05, 4.69) is 15.3 Å². The first-order valence-corrected chi connectivity index (χ1v) is 4.84. The van der Waals surface area contributed by atoms with Crippen LogP contribution < -0.4 is 5.32 Å². The Bertz CT molecular complexity index is 452. The van der Waals surface area contributed by atoms with Crippen molar-refractivity contribution in [1.82, 2.24) is 14.4 Å². The molecule has 2 aromatic heterocycles. The van der Waals surface area contributed by atoms with Crippen molar-refractivity contribution in [2.45, 2.75) is 6.92 Å². The minimum Gasteiger partial charge on any atom is -0.383 e. The molecule has 0 atom stereocenters. The van der Waals surface area contributed by atoms with Gasteiger partial charge < -0.3 is 10.1 Å². The Morgan fingerprint density at radius 2 is 2.33 bits per heavy atom. The lowest BCUT2D eigenvalue weighted by Crippen LogP contribution is -2.10. The summed E-state index contributed by atoms with van der Waals surface area (Å²) in [5, 5.41) is 3.18. The number of nitrogens with one attached hydrogen (secondary N) is 1. The third-order valence-corrected chi connectivity index (χ3v) is 2.21. The number of nitrogens with zero attached hydrogens (tertiary/aromatic N) is 3. The molecule has 5 nitrogen and oxygen atoms in total. The molecule has 0 radical (unpaired) electrons. The molecule has 0 spiro atoms. The topological polar surface area (TPSA) is 51.5 Å². The zero-order valence-corrected chi connectivity index (χ0v) is 8.90. The van der Waals surface area contributed by atoms with Crippen LogP contribution >= 0.6 is 0 Å². The van der Waals surface area contributed by atoms with Crippen LogP contribution in [-0.4, -0.2) is 34.6 Å². The summed E-state index contributed by atoms with van der Waals surface area (Å²) in [6.45, 7) is 3.40. The fourth-order valence-electron chi connectivity index (χ4n) is 1.44. The van der Waals surface area contributed by atoms with Gasteiger partial charge in [0.25, 0.3) is 0 Å². The lowest BCUT2D eigenvalue weighted by molar-refractivity contribution is 0.210. The van der Waals surface area contributed by atoms with Crippen LogP contribution in [0.2, 0.25) is 0 Å². The Balaban J connectivity index is 2.26. The van der Waals surface area contributed by atoms with E-state index in [4.69, 9.17) is 4.74 Å². The highest BCUT2D eigenvalue weighted by Gasteiger charge is 2.04. The van der Waals surface area contributed by atoms with Crippen LogP contribution in [0.5, 0.6) is 0 Å². The molecule has 0 amide bonds. The lowest BCUT2D eigenvalue weighted by atomic mass is 10.5. The van der Waals surface area contributed by atoms with Gasteiger partial charge >= 0.3 is 0 Å². The molecule has 1 N–H and O–H groups in total. The number of rotatable bonds is 4. The molecular formula is C10H14N4O. The van der Waals surface area contributed by atoms with Crippen molar-refractivity contribution in [1.29, 1.82) is 0 Å². The second-order valence-corrected chi connectivity index (χ2v) is 3.29. The highest BCUT2D eigenvalue weighted by molar-refractivity contribution is 5.62. The van der Waals surface area contributed by atoms with Crippen LogP contribution in [0.3, 0.4) is 0 Å². The van der Waals surface area contributed by atoms with Crippen LogP contribution in [0.25, 0.3) is 5.65 Å². The fraction of sp³-hybridized carbons (Fsp3) is 0.400. The first-order valence-electron chi connectivity index (χ1n) is 4.84. The number of imidazole rings is 1. The molecule has 0 saturated heterocycles. The standard InChI is InChI=1S/C10H14N4O/c1-8-7-13-10-9(12-4-6-15-2)11-3-5-14(8)10/h3,5,7H,4,6H2,1-2H3,(H,11,12). The summed E-state index contributed by atoms with van der Waals surface area (Å²) in [6.07, 6.45) is 5.49. The van der Waals surface area contributed by atoms with Gasteiger partial charge in [0.2, 0.25) is 0 Å². The molecule has 0 aliphatic heterocycles. The van der Waals surface area contributed by atoms with E-state index in [1.165, 1.54) is 0 Å². The molecule has 80 valence electrons. The molecule has 0 aliphatic rings. The van der Waals surface area contributed by atoms with Crippen LogP contribution in [0, 0.1) is 6.92 Å². The second-order valence-electron chi connectivity index (χ2n) is 3.29. The van der Waals surface area contributed by atoms with E-state index in [0.29, 0.717) is 6.61 Å². The predicted octanol–water partition coefficient (Wildman–Crippen LogP) is 1.10. The quantitative estimate of drug-likeness (QED) is 0.761. The summed E-state index contributed by atoms with van der Waals surface area (Å²) in [5.41, 5.74) is 1.95. The minimum atomic E-state index is 0.655. The molecule has 0 saturated carbocycles. The molecule has 2 rings (SSSR count). The molecule has 2 heterocycles. The van der Waals surface area contributed by atoms with Gasteiger partial charge in [-0.2, -0.15) is 0 Å². The van der Waals surface area contributed by atoms with Gasteiger partial charge in [-0.3, -0.25) is 4.40 Å². The summed E-state index contributed by atoms with van der Waals surface area (Å²) >= 11 is 0. The Hall–Kier alpha value is -1.62. The highest BCUT2D eigenvalue weighted by atomic mass is 16.5. The van der Waals surface area contributed by atoms with Crippen LogP contribution in [0.15, 0.2) is 18.6 Å². The molecule has 0 aliphatic carbocycles. The Morgan fingerprint density at radius 1 is 1.47 bits per heavy atom. The van der Waals surface area contributed by atoms with E-state index in [-0.39, 0.29) is 0 Å². The van der Waals surface area contributed by atoms with Gasteiger partial charge in [0.05, 0.1) is 6.61 Å². The summed E-state index contributed by atoms with van der Waals surface area (Å²) in [7, 11) is 1.68. The number of fused-ring (bicyclic) bond motifs is 1. The van der Waals surface area contributed by atoms with Crippen molar-refractivity contribution in [3.63, 3.8) is 0 Å². The number of aromatic nitrogens is 3. The van der Waals surface area contributed by atoms with E-state index in [1.807, 2.05) is 23.7 Å². The van der Waals surface area contributed by atoms with Crippen LogP contribution in [-0.2, 0) is 4.74 Å². The van der Waals surface area contributed by atoms with Gasteiger partial charge in [-0.25, -0.2) is 9.97 Å². The first-order chi connectivity index (χ1) is 7.33. The van der Waals surface area contributed by atoms with E-state index in [9.17, 15) is 0 Å². The van der Waals surface area contributed by atoms with Crippen molar-refractivity contribution in [2.24, 2.45) is 0 Å². The van der Waals surface area contributed by atoms with Gasteiger partial charge in [0.15, 0.2) is 11.5 Å². The van der Waals surface area contributed by atoms with E-state index >= 15 is 0 Å². The number of methoxy groups -OCH3 is 1. The fourth-order valence-corrected chi connectivity index (χ4v) is 1.44. The monoisotopic (exact) mass is 206 g/mol. The van der Waals surface area contributed by atoms with Gasteiger partial charge in [-0.1, -0.05) is 0 Å². The maximum atomic E-state index is 4.96. The Labute approximate surface area is 88.1 Å². The zero-order chi connectivity index (χ0) is 10.7. The largest absolute Gasteiger partial charge is 0.383 e. The van der Waals surface area contributed by atoms with Gasteiger partial charge in [-0.15, -0.1) is 0 Å². The summed E-state index contributed by atoms with van der Waals surface area (Å²) in [4.78, 5) is 8.54. The first kappa shape index (κ1) is 9.92. The number of aryl methyl sites for hydroxylation is 1. The van der Waals surface area contributed by atoms with E-state index in [1.54, 1.807) is 13.3 Å². The minimum absolute atomic E-state index is 0.655. The van der Waals surface area contributed by atoms with Gasteiger partial charge in [0, 0.05) is 37.9 Å². The third-order valence-electron chi connectivity index (χ3n) is 2.21. The molecular weight excluding hydrogens is 192 g/mol. The van der Waals surface area contributed by atoms with Crippen molar-refractivity contribution in [3.8, 4) is 0 Å².